The average molecular weight is 286 g/mol. The lowest BCUT2D eigenvalue weighted by Gasteiger charge is -2.13. The van der Waals surface area contributed by atoms with Crippen molar-refractivity contribution in [3.05, 3.63) is 41.8 Å². The molecule has 2 aromatic rings. The van der Waals surface area contributed by atoms with Crippen LogP contribution < -0.4 is 10.2 Å². The first-order valence-electron chi connectivity index (χ1n) is 7.09. The molecular formula is C15H18N4O2. The molecule has 1 atom stereocenters. The van der Waals surface area contributed by atoms with Gasteiger partial charge in [-0.2, -0.15) is 0 Å². The van der Waals surface area contributed by atoms with Gasteiger partial charge in [-0.25, -0.2) is 0 Å². The van der Waals surface area contributed by atoms with Gasteiger partial charge >= 0.3 is 6.01 Å². The van der Waals surface area contributed by atoms with Crippen molar-refractivity contribution >= 4 is 11.9 Å². The molecule has 3 rings (SSSR count). The van der Waals surface area contributed by atoms with Crippen molar-refractivity contribution in [2.24, 2.45) is 5.92 Å². The zero-order chi connectivity index (χ0) is 14.7. The smallest absolute Gasteiger partial charge is 0.318 e. The number of aryl methyl sites for hydroxylation is 1. The molecule has 2 heterocycles. The van der Waals surface area contributed by atoms with Crippen LogP contribution in [0, 0.1) is 12.8 Å². The van der Waals surface area contributed by atoms with Crippen LogP contribution in [-0.2, 0) is 11.3 Å². The van der Waals surface area contributed by atoms with Crippen LogP contribution in [0.3, 0.4) is 0 Å². The molecule has 6 heteroatoms. The monoisotopic (exact) mass is 286 g/mol. The van der Waals surface area contributed by atoms with Gasteiger partial charge in [0.1, 0.15) is 0 Å². The number of rotatable bonds is 4. The second kappa shape index (κ2) is 5.95. The van der Waals surface area contributed by atoms with Gasteiger partial charge in [-0.1, -0.05) is 35.4 Å². The zero-order valence-electron chi connectivity index (χ0n) is 12.0. The van der Waals surface area contributed by atoms with E-state index in [1.165, 1.54) is 0 Å². The van der Waals surface area contributed by atoms with E-state index < -0.39 is 0 Å². The SMILES string of the molecule is Cc1nnc(N2CCC(C(=O)NCc3ccccc3)C2)o1. The molecule has 1 amide bonds. The van der Waals surface area contributed by atoms with E-state index in [0.717, 1.165) is 18.5 Å². The van der Waals surface area contributed by atoms with Crippen molar-refractivity contribution in [2.75, 3.05) is 18.0 Å². The van der Waals surface area contributed by atoms with E-state index in [4.69, 9.17) is 4.42 Å². The van der Waals surface area contributed by atoms with Crippen molar-refractivity contribution in [3.8, 4) is 0 Å². The fraction of sp³-hybridized carbons (Fsp3) is 0.400. The minimum absolute atomic E-state index is 0.0269. The molecule has 0 bridgehead atoms. The van der Waals surface area contributed by atoms with Crippen LogP contribution in [-0.4, -0.2) is 29.2 Å². The molecule has 6 nitrogen and oxygen atoms in total. The second-order valence-electron chi connectivity index (χ2n) is 5.24. The van der Waals surface area contributed by atoms with Crippen molar-refractivity contribution < 1.29 is 9.21 Å². The minimum atomic E-state index is -0.0269. The Balaban J connectivity index is 1.52. The highest BCUT2D eigenvalue weighted by atomic mass is 16.4. The Labute approximate surface area is 123 Å². The lowest BCUT2D eigenvalue weighted by Crippen LogP contribution is -2.32. The standard InChI is InChI=1S/C15H18N4O2/c1-11-17-18-15(21-11)19-8-7-13(10-19)14(20)16-9-12-5-3-2-4-6-12/h2-6,13H,7-10H2,1H3,(H,16,20). The van der Waals surface area contributed by atoms with Gasteiger partial charge in [-0.15, -0.1) is 5.10 Å². The molecule has 1 N–H and O–H groups in total. The van der Waals surface area contributed by atoms with Gasteiger partial charge < -0.3 is 14.6 Å². The molecule has 1 aliphatic heterocycles. The largest absolute Gasteiger partial charge is 0.408 e. The number of benzene rings is 1. The molecule has 0 spiro atoms. The van der Waals surface area contributed by atoms with Crippen molar-refractivity contribution in [1.29, 1.82) is 0 Å². The molecule has 1 unspecified atom stereocenters. The Bertz CT molecular complexity index is 611. The summed E-state index contributed by atoms with van der Waals surface area (Å²) in [4.78, 5) is 14.2. The first-order chi connectivity index (χ1) is 10.2. The summed E-state index contributed by atoms with van der Waals surface area (Å²) in [6, 6.07) is 10.4. The quantitative estimate of drug-likeness (QED) is 0.922. The van der Waals surface area contributed by atoms with E-state index >= 15 is 0 Å². The highest BCUT2D eigenvalue weighted by Crippen LogP contribution is 2.22. The van der Waals surface area contributed by atoms with E-state index in [9.17, 15) is 4.79 Å². The van der Waals surface area contributed by atoms with Crippen molar-refractivity contribution in [3.63, 3.8) is 0 Å². The molecular weight excluding hydrogens is 268 g/mol. The fourth-order valence-corrected chi connectivity index (χ4v) is 2.49. The van der Waals surface area contributed by atoms with E-state index in [0.29, 0.717) is 25.0 Å². The number of aromatic nitrogens is 2. The number of nitrogens with one attached hydrogen (secondary N) is 1. The third kappa shape index (κ3) is 3.21. The maximum Gasteiger partial charge on any atom is 0.318 e. The first kappa shape index (κ1) is 13.6. The van der Waals surface area contributed by atoms with Crippen LogP contribution in [0.25, 0.3) is 0 Å². The summed E-state index contributed by atoms with van der Waals surface area (Å²) in [7, 11) is 0. The molecule has 21 heavy (non-hydrogen) atoms. The lowest BCUT2D eigenvalue weighted by molar-refractivity contribution is -0.124. The van der Waals surface area contributed by atoms with E-state index in [-0.39, 0.29) is 11.8 Å². The van der Waals surface area contributed by atoms with Gasteiger partial charge in [0.25, 0.3) is 0 Å². The molecule has 1 saturated heterocycles. The predicted octanol–water partition coefficient (Wildman–Crippen LogP) is 1.52. The Morgan fingerprint density at radius 1 is 1.38 bits per heavy atom. The van der Waals surface area contributed by atoms with Gasteiger partial charge in [0, 0.05) is 26.6 Å². The molecule has 0 radical (unpaired) electrons. The molecule has 1 aromatic carbocycles. The third-order valence-corrected chi connectivity index (χ3v) is 3.65. The molecule has 0 saturated carbocycles. The van der Waals surface area contributed by atoms with Gasteiger partial charge in [-0.05, 0) is 12.0 Å². The molecule has 1 aliphatic rings. The van der Waals surface area contributed by atoms with Gasteiger partial charge in [-0.3, -0.25) is 4.79 Å². The summed E-state index contributed by atoms with van der Waals surface area (Å²) in [6.07, 6.45) is 0.808. The summed E-state index contributed by atoms with van der Waals surface area (Å²) in [6.45, 7) is 3.72. The van der Waals surface area contributed by atoms with Crippen molar-refractivity contribution in [2.45, 2.75) is 19.9 Å². The number of nitrogens with zero attached hydrogens (tertiary/aromatic N) is 3. The topological polar surface area (TPSA) is 71.3 Å². The van der Waals surface area contributed by atoms with Crippen LogP contribution in [0.5, 0.6) is 0 Å². The zero-order valence-corrected chi connectivity index (χ0v) is 12.0. The van der Waals surface area contributed by atoms with Crippen LogP contribution >= 0.6 is 0 Å². The van der Waals surface area contributed by atoms with E-state index in [1.807, 2.05) is 35.2 Å². The normalized spacial score (nSPS) is 18.0. The van der Waals surface area contributed by atoms with Gasteiger partial charge in [0.05, 0.1) is 5.92 Å². The number of carbonyl (C=O) groups is 1. The number of carbonyl (C=O) groups excluding carboxylic acids is 1. The highest BCUT2D eigenvalue weighted by Gasteiger charge is 2.30. The predicted molar refractivity (Wildman–Crippen MR) is 77.6 cm³/mol. The molecule has 110 valence electrons. The molecule has 1 fully saturated rings. The number of hydrogen-bond donors (Lipinski definition) is 1. The van der Waals surface area contributed by atoms with Gasteiger partial charge in [0.15, 0.2) is 0 Å². The Morgan fingerprint density at radius 2 is 2.19 bits per heavy atom. The Morgan fingerprint density at radius 3 is 2.90 bits per heavy atom. The van der Waals surface area contributed by atoms with E-state index in [1.54, 1.807) is 6.92 Å². The third-order valence-electron chi connectivity index (χ3n) is 3.65. The molecule has 1 aromatic heterocycles. The lowest BCUT2D eigenvalue weighted by atomic mass is 10.1. The Hall–Kier alpha value is -2.37. The average Bonchev–Trinajstić information content (AvgIpc) is 3.14. The Kier molecular flexibility index (Phi) is 3.85. The van der Waals surface area contributed by atoms with Crippen LogP contribution in [0.1, 0.15) is 17.9 Å². The number of amides is 1. The summed E-state index contributed by atoms with van der Waals surface area (Å²) in [5, 5.41) is 10.8. The van der Waals surface area contributed by atoms with Crippen LogP contribution in [0.15, 0.2) is 34.7 Å². The van der Waals surface area contributed by atoms with Crippen LogP contribution in [0.4, 0.5) is 6.01 Å². The highest BCUT2D eigenvalue weighted by molar-refractivity contribution is 5.79. The van der Waals surface area contributed by atoms with Crippen molar-refractivity contribution in [1.82, 2.24) is 15.5 Å². The number of anilines is 1. The van der Waals surface area contributed by atoms with E-state index in [2.05, 4.69) is 15.5 Å². The number of hydrogen-bond acceptors (Lipinski definition) is 5. The maximum absolute atomic E-state index is 12.2. The molecule has 0 aliphatic carbocycles. The minimum Gasteiger partial charge on any atom is -0.408 e. The van der Waals surface area contributed by atoms with Crippen LogP contribution in [0.2, 0.25) is 0 Å². The second-order valence-corrected chi connectivity index (χ2v) is 5.24. The first-order valence-corrected chi connectivity index (χ1v) is 7.09. The summed E-state index contributed by atoms with van der Waals surface area (Å²) in [5.41, 5.74) is 1.10. The summed E-state index contributed by atoms with van der Waals surface area (Å²) < 4.78 is 5.40. The maximum atomic E-state index is 12.2. The van der Waals surface area contributed by atoms with Gasteiger partial charge in [0.2, 0.25) is 11.8 Å². The summed E-state index contributed by atoms with van der Waals surface area (Å²) >= 11 is 0. The fourth-order valence-electron chi connectivity index (χ4n) is 2.49. The summed E-state index contributed by atoms with van der Waals surface area (Å²) in [5.74, 6) is 0.598.